The molecule has 1 aliphatic heterocycles. The van der Waals surface area contributed by atoms with Gasteiger partial charge in [-0.1, -0.05) is 6.07 Å². The lowest BCUT2D eigenvalue weighted by molar-refractivity contribution is 0.116. The van der Waals surface area contributed by atoms with Gasteiger partial charge in [0.05, 0.1) is 0 Å². The number of hydrogen-bond donors (Lipinski definition) is 2. The van der Waals surface area contributed by atoms with Crippen molar-refractivity contribution in [1.82, 2.24) is 10.2 Å². The number of nitrogens with one attached hydrogen (secondary N) is 1. The summed E-state index contributed by atoms with van der Waals surface area (Å²) in [5, 5.41) is 12.6. The molecule has 2 rings (SSSR count). The molecule has 0 aliphatic carbocycles. The lowest BCUT2D eigenvalue weighted by Crippen LogP contribution is -2.50. The summed E-state index contributed by atoms with van der Waals surface area (Å²) in [6, 6.07) is 4.47. The van der Waals surface area contributed by atoms with E-state index in [1.165, 1.54) is 6.07 Å². The van der Waals surface area contributed by atoms with Crippen molar-refractivity contribution < 1.29 is 9.50 Å². The number of halogens is 1. The van der Waals surface area contributed by atoms with Crippen molar-refractivity contribution in [3.8, 4) is 5.75 Å². The van der Waals surface area contributed by atoms with Crippen molar-refractivity contribution in [3.05, 3.63) is 29.6 Å². The van der Waals surface area contributed by atoms with Crippen LogP contribution in [0, 0.1) is 5.82 Å². The van der Waals surface area contributed by atoms with E-state index in [1.807, 2.05) is 14.0 Å². The minimum absolute atomic E-state index is 0.0187. The minimum Gasteiger partial charge on any atom is -0.508 e. The van der Waals surface area contributed by atoms with E-state index in [0.29, 0.717) is 5.56 Å². The Kier molecular flexibility index (Phi) is 4.11. The summed E-state index contributed by atoms with van der Waals surface area (Å²) in [6.45, 7) is 6.17. The topological polar surface area (TPSA) is 35.5 Å². The number of nitrogens with zero attached hydrogens (tertiary/aromatic N) is 1. The molecule has 0 radical (unpaired) electrons. The number of phenols is 1. The second-order valence-electron chi connectivity index (χ2n) is 5.73. The summed E-state index contributed by atoms with van der Waals surface area (Å²) in [5.74, 6) is -0.343. The van der Waals surface area contributed by atoms with Crippen LogP contribution in [0.2, 0.25) is 0 Å². The predicted molar refractivity (Wildman–Crippen MR) is 74.8 cm³/mol. The molecule has 1 aromatic carbocycles. The highest BCUT2D eigenvalue weighted by molar-refractivity contribution is 5.29. The Bertz CT molecular complexity index is 442. The van der Waals surface area contributed by atoms with Gasteiger partial charge >= 0.3 is 0 Å². The normalized spacial score (nSPS) is 21.3. The first-order valence-corrected chi connectivity index (χ1v) is 6.86. The largest absolute Gasteiger partial charge is 0.508 e. The second-order valence-corrected chi connectivity index (χ2v) is 5.73. The molecule has 1 atom stereocenters. The number of hydrogen-bond acceptors (Lipinski definition) is 3. The van der Waals surface area contributed by atoms with Gasteiger partial charge in [-0.3, -0.25) is 4.90 Å². The Balaban J connectivity index is 2.07. The molecule has 1 aliphatic rings. The van der Waals surface area contributed by atoms with E-state index < -0.39 is 0 Å². The zero-order valence-electron chi connectivity index (χ0n) is 11.9. The van der Waals surface area contributed by atoms with Crippen LogP contribution >= 0.6 is 0 Å². The highest BCUT2D eigenvalue weighted by Crippen LogP contribution is 2.30. The van der Waals surface area contributed by atoms with Gasteiger partial charge in [0.2, 0.25) is 0 Å². The summed E-state index contributed by atoms with van der Waals surface area (Å²) in [7, 11) is 2.00. The van der Waals surface area contributed by atoms with Crippen molar-refractivity contribution in [1.29, 1.82) is 0 Å². The van der Waals surface area contributed by atoms with Crippen LogP contribution in [0.25, 0.3) is 0 Å². The fourth-order valence-electron chi connectivity index (χ4n) is 2.71. The van der Waals surface area contributed by atoms with Gasteiger partial charge in [-0.15, -0.1) is 0 Å². The van der Waals surface area contributed by atoms with Crippen molar-refractivity contribution in [2.75, 3.05) is 20.1 Å². The molecule has 0 spiro atoms. The van der Waals surface area contributed by atoms with Crippen LogP contribution in [-0.2, 0) is 0 Å². The molecule has 1 aromatic rings. The lowest BCUT2D eigenvalue weighted by Gasteiger charge is -2.42. The summed E-state index contributed by atoms with van der Waals surface area (Å²) in [6.07, 6.45) is 2.13. The van der Waals surface area contributed by atoms with E-state index in [-0.39, 0.29) is 23.1 Å². The smallest absolute Gasteiger partial charge is 0.131 e. The average Bonchev–Trinajstić information content (AvgIpc) is 2.39. The van der Waals surface area contributed by atoms with E-state index in [0.717, 1.165) is 25.9 Å². The van der Waals surface area contributed by atoms with E-state index in [1.54, 1.807) is 12.1 Å². The number of rotatable bonds is 3. The molecule has 0 aromatic heterocycles. The standard InChI is InChI=1S/C15H23FN2O/c1-11(13-5-4-12(19)10-14(13)16)18-8-6-15(2,17-3)7-9-18/h4-5,10-11,17,19H,6-9H2,1-3H3. The molecule has 2 N–H and O–H groups in total. The zero-order chi connectivity index (χ0) is 14.0. The van der Waals surface area contributed by atoms with E-state index in [2.05, 4.69) is 17.1 Å². The third kappa shape index (κ3) is 3.07. The first-order valence-electron chi connectivity index (χ1n) is 6.86. The van der Waals surface area contributed by atoms with Crippen molar-refractivity contribution in [2.45, 2.75) is 38.3 Å². The Hall–Kier alpha value is -1.13. The van der Waals surface area contributed by atoms with Crippen LogP contribution < -0.4 is 5.32 Å². The number of likely N-dealkylation sites (tertiary alicyclic amines) is 1. The van der Waals surface area contributed by atoms with Gasteiger partial charge < -0.3 is 10.4 Å². The van der Waals surface area contributed by atoms with Crippen LogP contribution in [0.4, 0.5) is 4.39 Å². The number of phenolic OH excluding ortho intramolecular Hbond substituents is 1. The number of benzene rings is 1. The van der Waals surface area contributed by atoms with Crippen LogP contribution in [0.15, 0.2) is 18.2 Å². The molecule has 106 valence electrons. The van der Waals surface area contributed by atoms with Crippen LogP contribution in [0.5, 0.6) is 5.75 Å². The Morgan fingerprint density at radius 3 is 2.53 bits per heavy atom. The maximum atomic E-state index is 13.9. The zero-order valence-corrected chi connectivity index (χ0v) is 11.9. The Morgan fingerprint density at radius 2 is 2.00 bits per heavy atom. The molecule has 0 amide bonds. The van der Waals surface area contributed by atoms with Gasteiger partial charge in [0.25, 0.3) is 0 Å². The molecule has 1 saturated heterocycles. The van der Waals surface area contributed by atoms with Crippen molar-refractivity contribution >= 4 is 0 Å². The molecule has 0 saturated carbocycles. The molecule has 19 heavy (non-hydrogen) atoms. The predicted octanol–water partition coefficient (Wildman–Crippen LogP) is 2.67. The molecule has 1 heterocycles. The van der Waals surface area contributed by atoms with Crippen molar-refractivity contribution in [2.24, 2.45) is 0 Å². The monoisotopic (exact) mass is 266 g/mol. The maximum absolute atomic E-state index is 13.9. The van der Waals surface area contributed by atoms with Gasteiger partial charge in [-0.05, 0) is 39.8 Å². The second kappa shape index (κ2) is 5.47. The maximum Gasteiger partial charge on any atom is 0.131 e. The third-order valence-corrected chi connectivity index (χ3v) is 4.49. The molecular formula is C15H23FN2O. The lowest BCUT2D eigenvalue weighted by atomic mass is 9.88. The van der Waals surface area contributed by atoms with Gasteiger partial charge in [0.15, 0.2) is 0 Å². The van der Waals surface area contributed by atoms with Crippen LogP contribution in [-0.4, -0.2) is 35.7 Å². The number of aromatic hydroxyl groups is 1. The first kappa shape index (κ1) is 14.3. The first-order chi connectivity index (χ1) is 8.95. The average molecular weight is 266 g/mol. The Labute approximate surface area is 114 Å². The summed E-state index contributed by atoms with van der Waals surface area (Å²) in [5.41, 5.74) is 0.856. The molecule has 1 fully saturated rings. The van der Waals surface area contributed by atoms with Gasteiger partial charge in [-0.25, -0.2) is 4.39 Å². The van der Waals surface area contributed by atoms with E-state index in [9.17, 15) is 9.50 Å². The van der Waals surface area contributed by atoms with Crippen molar-refractivity contribution in [3.63, 3.8) is 0 Å². The highest BCUT2D eigenvalue weighted by Gasteiger charge is 2.31. The van der Waals surface area contributed by atoms with Gasteiger partial charge in [0, 0.05) is 36.3 Å². The summed E-state index contributed by atoms with van der Waals surface area (Å²) >= 11 is 0. The Morgan fingerprint density at radius 1 is 1.37 bits per heavy atom. The van der Waals surface area contributed by atoms with Crippen LogP contribution in [0.3, 0.4) is 0 Å². The molecule has 1 unspecified atom stereocenters. The van der Waals surface area contributed by atoms with E-state index in [4.69, 9.17) is 0 Å². The van der Waals surface area contributed by atoms with Crippen LogP contribution in [0.1, 0.15) is 38.3 Å². The fourth-order valence-corrected chi connectivity index (χ4v) is 2.71. The minimum atomic E-state index is -0.325. The van der Waals surface area contributed by atoms with Gasteiger partial charge in [-0.2, -0.15) is 0 Å². The van der Waals surface area contributed by atoms with E-state index >= 15 is 0 Å². The summed E-state index contributed by atoms with van der Waals surface area (Å²) < 4.78 is 13.9. The third-order valence-electron chi connectivity index (χ3n) is 4.49. The summed E-state index contributed by atoms with van der Waals surface area (Å²) in [4.78, 5) is 2.30. The molecule has 0 bridgehead atoms. The molecule has 4 heteroatoms. The highest BCUT2D eigenvalue weighted by atomic mass is 19.1. The number of piperidine rings is 1. The molecular weight excluding hydrogens is 243 g/mol. The SMILES string of the molecule is CNC1(C)CCN(C(C)c2ccc(O)cc2F)CC1. The van der Waals surface area contributed by atoms with Gasteiger partial charge in [0.1, 0.15) is 11.6 Å². The molecule has 3 nitrogen and oxygen atoms in total. The fraction of sp³-hybridized carbons (Fsp3) is 0.600. The quantitative estimate of drug-likeness (QED) is 0.883.